The SMILES string of the molecule is Cc1cccnc1C(N)c1cnn(C)c1. The van der Waals surface area contributed by atoms with Gasteiger partial charge in [-0.15, -0.1) is 0 Å². The average Bonchev–Trinajstić information content (AvgIpc) is 2.65. The predicted molar refractivity (Wildman–Crippen MR) is 58.2 cm³/mol. The summed E-state index contributed by atoms with van der Waals surface area (Å²) in [6.07, 6.45) is 5.45. The summed E-state index contributed by atoms with van der Waals surface area (Å²) >= 11 is 0. The molecule has 0 radical (unpaired) electrons. The van der Waals surface area contributed by atoms with Gasteiger partial charge >= 0.3 is 0 Å². The van der Waals surface area contributed by atoms with E-state index in [2.05, 4.69) is 10.1 Å². The molecule has 4 nitrogen and oxygen atoms in total. The number of aryl methyl sites for hydroxylation is 2. The van der Waals surface area contributed by atoms with E-state index in [4.69, 9.17) is 5.73 Å². The van der Waals surface area contributed by atoms with Crippen LogP contribution in [0.1, 0.15) is 22.9 Å². The molecule has 1 unspecified atom stereocenters. The summed E-state index contributed by atoms with van der Waals surface area (Å²) in [6, 6.07) is 3.73. The molecule has 0 spiro atoms. The highest BCUT2D eigenvalue weighted by Gasteiger charge is 2.13. The first kappa shape index (κ1) is 9.86. The first-order valence-electron chi connectivity index (χ1n) is 4.84. The molecule has 2 heterocycles. The quantitative estimate of drug-likeness (QED) is 0.795. The van der Waals surface area contributed by atoms with Crippen molar-refractivity contribution >= 4 is 0 Å². The van der Waals surface area contributed by atoms with Gasteiger partial charge < -0.3 is 5.73 Å². The minimum Gasteiger partial charge on any atom is -0.319 e. The summed E-state index contributed by atoms with van der Waals surface area (Å²) in [6.45, 7) is 2.01. The van der Waals surface area contributed by atoms with E-state index in [1.165, 1.54) is 0 Å². The number of rotatable bonds is 2. The van der Waals surface area contributed by atoms with Crippen LogP contribution < -0.4 is 5.73 Å². The molecule has 4 heteroatoms. The van der Waals surface area contributed by atoms with Gasteiger partial charge in [-0.25, -0.2) is 0 Å². The highest BCUT2D eigenvalue weighted by atomic mass is 15.2. The van der Waals surface area contributed by atoms with Crippen molar-refractivity contribution in [2.75, 3.05) is 0 Å². The van der Waals surface area contributed by atoms with E-state index in [0.29, 0.717) is 0 Å². The van der Waals surface area contributed by atoms with Crippen LogP contribution in [0.3, 0.4) is 0 Å². The summed E-state index contributed by atoms with van der Waals surface area (Å²) in [5.41, 5.74) is 9.11. The van der Waals surface area contributed by atoms with Crippen LogP contribution in [0, 0.1) is 6.92 Å². The lowest BCUT2D eigenvalue weighted by atomic mass is 10.0. The molecular formula is C11H14N4. The van der Waals surface area contributed by atoms with Crippen molar-refractivity contribution in [2.45, 2.75) is 13.0 Å². The van der Waals surface area contributed by atoms with Crippen LogP contribution in [-0.4, -0.2) is 14.8 Å². The maximum Gasteiger partial charge on any atom is 0.0759 e. The second kappa shape index (κ2) is 3.82. The third kappa shape index (κ3) is 1.89. The molecule has 0 saturated carbocycles. The first-order valence-corrected chi connectivity index (χ1v) is 4.84. The lowest BCUT2D eigenvalue weighted by Crippen LogP contribution is -2.14. The molecule has 0 amide bonds. The van der Waals surface area contributed by atoms with E-state index in [0.717, 1.165) is 16.8 Å². The Morgan fingerprint density at radius 1 is 1.47 bits per heavy atom. The van der Waals surface area contributed by atoms with E-state index in [9.17, 15) is 0 Å². The minimum absolute atomic E-state index is 0.195. The zero-order valence-electron chi connectivity index (χ0n) is 8.88. The molecule has 2 aromatic heterocycles. The Morgan fingerprint density at radius 2 is 2.27 bits per heavy atom. The summed E-state index contributed by atoms with van der Waals surface area (Å²) in [4.78, 5) is 4.30. The standard InChI is InChI=1S/C11H14N4/c1-8-4-3-5-13-11(8)10(12)9-6-14-15(2)7-9/h3-7,10H,12H2,1-2H3. The van der Waals surface area contributed by atoms with Gasteiger partial charge in [-0.05, 0) is 18.6 Å². The third-order valence-electron chi connectivity index (χ3n) is 2.43. The normalized spacial score (nSPS) is 12.7. The molecule has 0 fully saturated rings. The number of aromatic nitrogens is 3. The first-order chi connectivity index (χ1) is 7.18. The molecule has 2 rings (SSSR count). The number of hydrogen-bond acceptors (Lipinski definition) is 3. The van der Waals surface area contributed by atoms with Gasteiger partial charge in [0, 0.05) is 25.0 Å². The van der Waals surface area contributed by atoms with Gasteiger partial charge in [-0.3, -0.25) is 9.67 Å². The van der Waals surface area contributed by atoms with Crippen molar-refractivity contribution in [3.63, 3.8) is 0 Å². The van der Waals surface area contributed by atoms with Crippen LogP contribution in [0.15, 0.2) is 30.7 Å². The molecule has 78 valence electrons. The Labute approximate surface area is 88.8 Å². The number of nitrogens with two attached hydrogens (primary N) is 1. The molecule has 0 aromatic carbocycles. The van der Waals surface area contributed by atoms with Crippen LogP contribution in [-0.2, 0) is 7.05 Å². The Bertz CT molecular complexity index is 461. The number of pyridine rings is 1. The van der Waals surface area contributed by atoms with E-state index in [1.54, 1.807) is 17.1 Å². The average molecular weight is 202 g/mol. The summed E-state index contributed by atoms with van der Waals surface area (Å²) in [7, 11) is 1.88. The van der Waals surface area contributed by atoms with Gasteiger partial charge in [-0.2, -0.15) is 5.10 Å². The molecule has 0 saturated heterocycles. The Hall–Kier alpha value is -1.68. The van der Waals surface area contributed by atoms with E-state index >= 15 is 0 Å². The van der Waals surface area contributed by atoms with Crippen molar-refractivity contribution < 1.29 is 0 Å². The van der Waals surface area contributed by atoms with Crippen molar-refractivity contribution in [2.24, 2.45) is 12.8 Å². The summed E-state index contributed by atoms with van der Waals surface area (Å²) in [5, 5.41) is 4.10. The Kier molecular flexibility index (Phi) is 2.51. The Balaban J connectivity index is 2.36. The monoisotopic (exact) mass is 202 g/mol. The lowest BCUT2D eigenvalue weighted by molar-refractivity contribution is 0.763. The van der Waals surface area contributed by atoms with Gasteiger partial charge in [0.2, 0.25) is 0 Å². The molecule has 0 aliphatic rings. The zero-order valence-corrected chi connectivity index (χ0v) is 8.88. The van der Waals surface area contributed by atoms with E-state index in [1.807, 2.05) is 32.3 Å². The fourth-order valence-electron chi connectivity index (χ4n) is 1.58. The second-order valence-electron chi connectivity index (χ2n) is 3.63. The van der Waals surface area contributed by atoms with Crippen molar-refractivity contribution in [3.8, 4) is 0 Å². The van der Waals surface area contributed by atoms with Crippen molar-refractivity contribution in [1.82, 2.24) is 14.8 Å². The topological polar surface area (TPSA) is 56.7 Å². The third-order valence-corrected chi connectivity index (χ3v) is 2.43. The van der Waals surface area contributed by atoms with E-state index in [-0.39, 0.29) is 6.04 Å². The van der Waals surface area contributed by atoms with E-state index < -0.39 is 0 Å². The van der Waals surface area contributed by atoms with Gasteiger partial charge in [0.1, 0.15) is 0 Å². The highest BCUT2D eigenvalue weighted by Crippen LogP contribution is 2.19. The van der Waals surface area contributed by atoms with Crippen molar-refractivity contribution in [3.05, 3.63) is 47.5 Å². The molecule has 1 atom stereocenters. The van der Waals surface area contributed by atoms with Crippen molar-refractivity contribution in [1.29, 1.82) is 0 Å². The van der Waals surface area contributed by atoms with Gasteiger partial charge in [0.15, 0.2) is 0 Å². The molecule has 2 N–H and O–H groups in total. The van der Waals surface area contributed by atoms with Gasteiger partial charge in [-0.1, -0.05) is 6.07 Å². The second-order valence-corrected chi connectivity index (χ2v) is 3.63. The maximum absolute atomic E-state index is 6.11. The maximum atomic E-state index is 6.11. The molecule has 2 aromatic rings. The molecule has 15 heavy (non-hydrogen) atoms. The van der Waals surface area contributed by atoms with Gasteiger partial charge in [0.25, 0.3) is 0 Å². The zero-order chi connectivity index (χ0) is 10.8. The predicted octanol–water partition coefficient (Wildman–Crippen LogP) is 1.17. The molecule has 0 bridgehead atoms. The highest BCUT2D eigenvalue weighted by molar-refractivity contribution is 5.28. The van der Waals surface area contributed by atoms with Crippen LogP contribution in [0.4, 0.5) is 0 Å². The fourth-order valence-corrected chi connectivity index (χ4v) is 1.58. The fraction of sp³-hybridized carbons (Fsp3) is 0.273. The molecule has 0 aliphatic carbocycles. The number of hydrogen-bond donors (Lipinski definition) is 1. The van der Waals surface area contributed by atoms with Crippen LogP contribution in [0.25, 0.3) is 0 Å². The van der Waals surface area contributed by atoms with Crippen LogP contribution in [0.2, 0.25) is 0 Å². The molecule has 0 aliphatic heterocycles. The smallest absolute Gasteiger partial charge is 0.0759 e. The number of nitrogens with zero attached hydrogens (tertiary/aromatic N) is 3. The van der Waals surface area contributed by atoms with Crippen LogP contribution in [0.5, 0.6) is 0 Å². The largest absolute Gasteiger partial charge is 0.319 e. The Morgan fingerprint density at radius 3 is 2.87 bits per heavy atom. The van der Waals surface area contributed by atoms with Crippen LogP contribution >= 0.6 is 0 Å². The van der Waals surface area contributed by atoms with Gasteiger partial charge in [0.05, 0.1) is 17.9 Å². The summed E-state index contributed by atoms with van der Waals surface area (Å²) < 4.78 is 1.74. The lowest BCUT2D eigenvalue weighted by Gasteiger charge is -2.10. The molecular weight excluding hydrogens is 188 g/mol. The summed E-state index contributed by atoms with van der Waals surface area (Å²) in [5.74, 6) is 0. The minimum atomic E-state index is -0.195.